The zero-order valence-electron chi connectivity index (χ0n) is 15.4. The summed E-state index contributed by atoms with van der Waals surface area (Å²) in [6.45, 7) is 4.35. The molecule has 0 aromatic heterocycles. The van der Waals surface area contributed by atoms with Crippen molar-refractivity contribution in [1.29, 1.82) is 0 Å². The van der Waals surface area contributed by atoms with E-state index in [0.717, 1.165) is 36.4 Å². The molecule has 26 heavy (non-hydrogen) atoms. The first kappa shape index (κ1) is 18.0. The van der Waals surface area contributed by atoms with Crippen LogP contribution < -0.4 is 10.2 Å². The van der Waals surface area contributed by atoms with Gasteiger partial charge in [0, 0.05) is 50.0 Å². The molecule has 1 heterocycles. The van der Waals surface area contributed by atoms with E-state index in [1.807, 2.05) is 54.4 Å². The maximum absolute atomic E-state index is 12.6. The molecule has 1 saturated heterocycles. The van der Waals surface area contributed by atoms with Gasteiger partial charge in [0.15, 0.2) is 0 Å². The summed E-state index contributed by atoms with van der Waals surface area (Å²) in [5.41, 5.74) is 3.41. The van der Waals surface area contributed by atoms with Crippen molar-refractivity contribution in [1.82, 2.24) is 4.90 Å². The molecule has 2 amide bonds. The maximum atomic E-state index is 12.6. The number of carbonyl (C=O) groups is 2. The van der Waals surface area contributed by atoms with Gasteiger partial charge in [0.25, 0.3) is 5.91 Å². The molecule has 1 aliphatic heterocycles. The van der Waals surface area contributed by atoms with Crippen molar-refractivity contribution in [2.45, 2.75) is 26.3 Å². The summed E-state index contributed by atoms with van der Waals surface area (Å²) in [6, 6.07) is 15.3. The molecule has 1 aliphatic rings. The van der Waals surface area contributed by atoms with E-state index in [2.05, 4.69) is 17.1 Å². The van der Waals surface area contributed by atoms with Crippen molar-refractivity contribution >= 4 is 23.2 Å². The van der Waals surface area contributed by atoms with Crippen LogP contribution in [0.25, 0.3) is 0 Å². The Kier molecular flexibility index (Phi) is 5.56. The van der Waals surface area contributed by atoms with Crippen molar-refractivity contribution in [3.8, 4) is 0 Å². The van der Waals surface area contributed by atoms with Crippen LogP contribution >= 0.6 is 0 Å². The first-order valence-corrected chi connectivity index (χ1v) is 9.06. The molecule has 0 bridgehead atoms. The molecule has 1 fully saturated rings. The second-order valence-electron chi connectivity index (χ2n) is 6.64. The molecule has 2 aromatic rings. The van der Waals surface area contributed by atoms with Crippen molar-refractivity contribution < 1.29 is 9.59 Å². The van der Waals surface area contributed by atoms with Gasteiger partial charge in [-0.05, 0) is 49.2 Å². The van der Waals surface area contributed by atoms with E-state index < -0.39 is 0 Å². The number of nitrogens with one attached hydrogen (secondary N) is 1. The number of nitrogens with zero attached hydrogens (tertiary/aromatic N) is 2. The molecular formula is C21H25N3O2. The van der Waals surface area contributed by atoms with Crippen molar-refractivity contribution in [3.63, 3.8) is 0 Å². The molecule has 0 atom stereocenters. The van der Waals surface area contributed by atoms with Gasteiger partial charge in [-0.15, -0.1) is 0 Å². The van der Waals surface area contributed by atoms with Crippen LogP contribution in [0.4, 0.5) is 11.4 Å². The number of hydrogen-bond donors (Lipinski definition) is 1. The largest absolute Gasteiger partial charge is 0.375 e. The number of rotatable bonds is 6. The minimum atomic E-state index is -0.143. The topological polar surface area (TPSA) is 52.7 Å². The summed E-state index contributed by atoms with van der Waals surface area (Å²) >= 11 is 0. The monoisotopic (exact) mass is 351 g/mol. The Morgan fingerprint density at radius 3 is 2.73 bits per heavy atom. The summed E-state index contributed by atoms with van der Waals surface area (Å²) in [7, 11) is 2.02. The fraction of sp³-hybridized carbons (Fsp3) is 0.333. The Labute approximate surface area is 154 Å². The van der Waals surface area contributed by atoms with E-state index in [1.54, 1.807) is 6.07 Å². The standard InChI is InChI=1S/C21H25N3O2/c1-3-23(2)19-10-5-9-18(14-19)22-21(26)17-8-4-7-16(13-17)15-24-12-6-11-20(24)25/h4-5,7-10,13-14H,3,6,11-12,15H2,1-2H3,(H,22,26). The second-order valence-corrected chi connectivity index (χ2v) is 6.64. The Morgan fingerprint density at radius 1 is 1.19 bits per heavy atom. The smallest absolute Gasteiger partial charge is 0.255 e. The highest BCUT2D eigenvalue weighted by Crippen LogP contribution is 2.20. The van der Waals surface area contributed by atoms with Crippen LogP contribution in [-0.4, -0.2) is 36.9 Å². The van der Waals surface area contributed by atoms with Crippen LogP contribution in [0.1, 0.15) is 35.7 Å². The van der Waals surface area contributed by atoms with E-state index in [0.29, 0.717) is 18.5 Å². The van der Waals surface area contributed by atoms with Crippen LogP contribution in [0, 0.1) is 0 Å². The van der Waals surface area contributed by atoms with Gasteiger partial charge < -0.3 is 15.1 Å². The van der Waals surface area contributed by atoms with Crippen molar-refractivity contribution in [2.75, 3.05) is 30.4 Å². The molecule has 0 aliphatic carbocycles. The van der Waals surface area contributed by atoms with Gasteiger partial charge in [0.2, 0.25) is 5.91 Å². The first-order chi connectivity index (χ1) is 12.6. The lowest BCUT2D eigenvalue weighted by Gasteiger charge is -2.18. The van der Waals surface area contributed by atoms with Gasteiger partial charge in [-0.3, -0.25) is 9.59 Å². The number of anilines is 2. The molecule has 136 valence electrons. The fourth-order valence-corrected chi connectivity index (χ4v) is 3.11. The third-order valence-corrected chi connectivity index (χ3v) is 4.75. The van der Waals surface area contributed by atoms with Gasteiger partial charge >= 0.3 is 0 Å². The van der Waals surface area contributed by atoms with Crippen LogP contribution in [0.15, 0.2) is 48.5 Å². The molecule has 5 nitrogen and oxygen atoms in total. The Bertz CT molecular complexity index is 803. The molecule has 5 heteroatoms. The van der Waals surface area contributed by atoms with Crippen LogP contribution in [0.3, 0.4) is 0 Å². The molecule has 0 saturated carbocycles. The van der Waals surface area contributed by atoms with Crippen LogP contribution in [-0.2, 0) is 11.3 Å². The lowest BCUT2D eigenvalue weighted by atomic mass is 10.1. The van der Waals surface area contributed by atoms with Crippen LogP contribution in [0.5, 0.6) is 0 Å². The average Bonchev–Trinajstić information content (AvgIpc) is 3.06. The Morgan fingerprint density at radius 2 is 2.00 bits per heavy atom. The minimum absolute atomic E-state index is 0.143. The first-order valence-electron chi connectivity index (χ1n) is 9.06. The summed E-state index contributed by atoms with van der Waals surface area (Å²) in [6.07, 6.45) is 1.55. The van der Waals surface area contributed by atoms with E-state index in [4.69, 9.17) is 0 Å². The highest BCUT2D eigenvalue weighted by Gasteiger charge is 2.20. The number of likely N-dealkylation sites (tertiary alicyclic amines) is 1. The lowest BCUT2D eigenvalue weighted by molar-refractivity contribution is -0.128. The molecule has 1 N–H and O–H groups in total. The van der Waals surface area contributed by atoms with Crippen molar-refractivity contribution in [3.05, 3.63) is 59.7 Å². The summed E-state index contributed by atoms with van der Waals surface area (Å²) in [5, 5.41) is 2.96. The SMILES string of the molecule is CCN(C)c1cccc(NC(=O)c2cccc(CN3CCCC3=O)c2)c1. The third kappa shape index (κ3) is 4.23. The second kappa shape index (κ2) is 8.04. The fourth-order valence-electron chi connectivity index (χ4n) is 3.11. The third-order valence-electron chi connectivity index (χ3n) is 4.75. The molecule has 3 rings (SSSR count). The molecular weight excluding hydrogens is 326 g/mol. The predicted molar refractivity (Wildman–Crippen MR) is 104 cm³/mol. The van der Waals surface area contributed by atoms with Gasteiger partial charge in [-0.25, -0.2) is 0 Å². The van der Waals surface area contributed by atoms with Gasteiger partial charge in [-0.2, -0.15) is 0 Å². The maximum Gasteiger partial charge on any atom is 0.255 e. The zero-order valence-corrected chi connectivity index (χ0v) is 15.4. The van der Waals surface area contributed by atoms with Crippen LogP contribution in [0.2, 0.25) is 0 Å². The van der Waals surface area contributed by atoms with E-state index in [1.165, 1.54) is 0 Å². The number of benzene rings is 2. The summed E-state index contributed by atoms with van der Waals surface area (Å²) < 4.78 is 0. The highest BCUT2D eigenvalue weighted by atomic mass is 16.2. The number of hydrogen-bond acceptors (Lipinski definition) is 3. The Balaban J connectivity index is 1.70. The van der Waals surface area contributed by atoms with Gasteiger partial charge in [0.05, 0.1) is 0 Å². The van der Waals surface area contributed by atoms with E-state index >= 15 is 0 Å². The van der Waals surface area contributed by atoms with Crippen molar-refractivity contribution in [2.24, 2.45) is 0 Å². The van der Waals surface area contributed by atoms with E-state index in [9.17, 15) is 9.59 Å². The Hall–Kier alpha value is -2.82. The molecule has 0 radical (unpaired) electrons. The molecule has 2 aromatic carbocycles. The number of amides is 2. The highest BCUT2D eigenvalue weighted by molar-refractivity contribution is 6.04. The molecule has 0 spiro atoms. The lowest BCUT2D eigenvalue weighted by Crippen LogP contribution is -2.24. The number of carbonyl (C=O) groups excluding carboxylic acids is 2. The quantitative estimate of drug-likeness (QED) is 0.866. The van der Waals surface area contributed by atoms with Gasteiger partial charge in [0.1, 0.15) is 0 Å². The average molecular weight is 351 g/mol. The minimum Gasteiger partial charge on any atom is -0.375 e. The normalized spacial score (nSPS) is 13.8. The van der Waals surface area contributed by atoms with E-state index in [-0.39, 0.29) is 11.8 Å². The summed E-state index contributed by atoms with van der Waals surface area (Å²) in [5.74, 6) is 0.0487. The van der Waals surface area contributed by atoms with Gasteiger partial charge in [-0.1, -0.05) is 18.2 Å². The zero-order chi connectivity index (χ0) is 18.5. The molecule has 0 unspecified atom stereocenters. The summed E-state index contributed by atoms with van der Waals surface area (Å²) in [4.78, 5) is 28.4. The predicted octanol–water partition coefficient (Wildman–Crippen LogP) is 3.52.